The maximum atomic E-state index is 13.0. The van der Waals surface area contributed by atoms with Crippen LogP contribution in [0.25, 0.3) is 15.9 Å². The first-order chi connectivity index (χ1) is 15.6. The molecule has 8 heteroatoms. The van der Waals surface area contributed by atoms with Crippen LogP contribution in [0.15, 0.2) is 29.3 Å². The SMILES string of the molecule is Cc1ccc(NC(=O)Cn2nc3c4c5c(sc4ncn3c2=O)CC(C(C)(C)C)CC5)cc1C. The van der Waals surface area contributed by atoms with Gasteiger partial charge in [-0.05, 0) is 73.3 Å². The predicted octanol–water partition coefficient (Wildman–Crippen LogP) is 4.51. The van der Waals surface area contributed by atoms with Crippen molar-refractivity contribution in [2.24, 2.45) is 11.3 Å². The molecule has 0 fully saturated rings. The molecule has 0 bridgehead atoms. The fourth-order valence-electron chi connectivity index (χ4n) is 4.70. The van der Waals surface area contributed by atoms with Crippen LogP contribution in [0.2, 0.25) is 0 Å². The van der Waals surface area contributed by atoms with Crippen LogP contribution in [0.1, 0.15) is 48.8 Å². The van der Waals surface area contributed by atoms with Crippen molar-refractivity contribution in [1.29, 1.82) is 0 Å². The van der Waals surface area contributed by atoms with Crippen molar-refractivity contribution in [2.75, 3.05) is 5.32 Å². The van der Waals surface area contributed by atoms with Gasteiger partial charge in [-0.2, -0.15) is 0 Å². The molecule has 0 saturated carbocycles. The van der Waals surface area contributed by atoms with Gasteiger partial charge in [0.1, 0.15) is 17.7 Å². The van der Waals surface area contributed by atoms with Gasteiger partial charge in [-0.3, -0.25) is 4.79 Å². The number of hydrogen-bond acceptors (Lipinski definition) is 5. The summed E-state index contributed by atoms with van der Waals surface area (Å²) in [6.45, 7) is 10.8. The van der Waals surface area contributed by atoms with Crippen LogP contribution in [0.4, 0.5) is 5.69 Å². The Kier molecular flexibility index (Phi) is 5.16. The highest BCUT2D eigenvalue weighted by Crippen LogP contribution is 2.43. The highest BCUT2D eigenvalue weighted by atomic mass is 32.1. The summed E-state index contributed by atoms with van der Waals surface area (Å²) in [6, 6.07) is 5.76. The average molecular weight is 464 g/mol. The Labute approximate surface area is 196 Å². The molecule has 7 nitrogen and oxygen atoms in total. The maximum Gasteiger partial charge on any atom is 0.352 e. The number of fused-ring (bicyclic) bond motifs is 5. The van der Waals surface area contributed by atoms with Gasteiger partial charge in [0.2, 0.25) is 5.91 Å². The largest absolute Gasteiger partial charge is 0.352 e. The van der Waals surface area contributed by atoms with E-state index < -0.39 is 0 Å². The Balaban J connectivity index is 1.48. The quantitative estimate of drug-likeness (QED) is 0.485. The van der Waals surface area contributed by atoms with Gasteiger partial charge in [0.15, 0.2) is 5.65 Å². The molecule has 1 aliphatic rings. The van der Waals surface area contributed by atoms with Gasteiger partial charge in [0.25, 0.3) is 0 Å². The second-order valence-corrected chi connectivity index (χ2v) is 11.3. The summed E-state index contributed by atoms with van der Waals surface area (Å²) in [4.78, 5) is 32.5. The van der Waals surface area contributed by atoms with E-state index in [1.165, 1.54) is 25.9 Å². The Hall–Kier alpha value is -3.00. The normalized spacial score (nSPS) is 16.3. The molecule has 1 aliphatic carbocycles. The third-order valence-electron chi connectivity index (χ3n) is 6.94. The van der Waals surface area contributed by atoms with E-state index in [0.717, 1.165) is 40.6 Å². The molecule has 0 radical (unpaired) electrons. The highest BCUT2D eigenvalue weighted by Gasteiger charge is 2.32. The second kappa shape index (κ2) is 7.80. The molecule has 33 heavy (non-hydrogen) atoms. The monoisotopic (exact) mass is 463 g/mol. The van der Waals surface area contributed by atoms with Gasteiger partial charge >= 0.3 is 5.69 Å². The second-order valence-electron chi connectivity index (χ2n) is 10.2. The number of amides is 1. The molecule has 1 amide bonds. The Morgan fingerprint density at radius 1 is 1.24 bits per heavy atom. The number of anilines is 1. The van der Waals surface area contributed by atoms with Gasteiger partial charge in [0.05, 0.1) is 5.39 Å². The van der Waals surface area contributed by atoms with Crippen molar-refractivity contribution in [3.8, 4) is 0 Å². The van der Waals surface area contributed by atoms with Crippen LogP contribution >= 0.6 is 11.3 Å². The fraction of sp³-hybridized carbons (Fsp3) is 0.440. The van der Waals surface area contributed by atoms with Crippen molar-refractivity contribution >= 4 is 38.8 Å². The zero-order valence-corrected chi connectivity index (χ0v) is 20.5. The van der Waals surface area contributed by atoms with Gasteiger partial charge < -0.3 is 5.32 Å². The van der Waals surface area contributed by atoms with Crippen LogP contribution in [-0.4, -0.2) is 25.1 Å². The van der Waals surface area contributed by atoms with Crippen LogP contribution < -0.4 is 11.0 Å². The Bertz CT molecular complexity index is 1450. The molecule has 1 unspecified atom stereocenters. The first kappa shape index (κ1) is 21.8. The van der Waals surface area contributed by atoms with Gasteiger partial charge in [-0.25, -0.2) is 18.9 Å². The van der Waals surface area contributed by atoms with Crippen LogP contribution in [0.3, 0.4) is 0 Å². The van der Waals surface area contributed by atoms with Gasteiger partial charge in [0, 0.05) is 10.6 Å². The number of aryl methyl sites for hydroxylation is 3. The summed E-state index contributed by atoms with van der Waals surface area (Å²) in [7, 11) is 0. The molecule has 5 rings (SSSR count). The number of rotatable bonds is 3. The van der Waals surface area contributed by atoms with Crippen molar-refractivity contribution in [1.82, 2.24) is 19.2 Å². The lowest BCUT2D eigenvalue weighted by Gasteiger charge is -2.33. The molecular weight excluding hydrogens is 434 g/mol. The van der Waals surface area contributed by atoms with Crippen molar-refractivity contribution in [3.63, 3.8) is 0 Å². The van der Waals surface area contributed by atoms with Crippen molar-refractivity contribution in [3.05, 3.63) is 56.6 Å². The molecule has 0 spiro atoms. The summed E-state index contributed by atoms with van der Waals surface area (Å²) >= 11 is 1.71. The van der Waals surface area contributed by atoms with E-state index in [0.29, 0.717) is 17.3 Å². The molecule has 0 saturated heterocycles. The third kappa shape index (κ3) is 3.86. The van der Waals surface area contributed by atoms with E-state index >= 15 is 0 Å². The van der Waals surface area contributed by atoms with Gasteiger partial charge in [-0.15, -0.1) is 16.4 Å². The Morgan fingerprint density at radius 2 is 2.03 bits per heavy atom. The molecular formula is C25H29N5O2S. The van der Waals surface area contributed by atoms with E-state index in [1.54, 1.807) is 11.3 Å². The van der Waals surface area contributed by atoms with E-state index in [1.807, 2.05) is 32.0 Å². The molecule has 3 aromatic heterocycles. The van der Waals surface area contributed by atoms with Crippen molar-refractivity contribution < 1.29 is 4.79 Å². The number of nitrogens with one attached hydrogen (secondary N) is 1. The lowest BCUT2D eigenvalue weighted by atomic mass is 9.72. The number of nitrogens with zero attached hydrogens (tertiary/aromatic N) is 4. The van der Waals surface area contributed by atoms with Crippen molar-refractivity contribution in [2.45, 2.75) is 60.4 Å². The molecule has 172 valence electrons. The minimum Gasteiger partial charge on any atom is -0.324 e. The number of carbonyl (C=O) groups excluding carboxylic acids is 1. The zero-order chi connectivity index (χ0) is 23.5. The smallest absolute Gasteiger partial charge is 0.324 e. The lowest BCUT2D eigenvalue weighted by Crippen LogP contribution is -2.28. The molecule has 4 aromatic rings. The third-order valence-corrected chi connectivity index (χ3v) is 8.10. The highest BCUT2D eigenvalue weighted by molar-refractivity contribution is 7.19. The van der Waals surface area contributed by atoms with Crippen LogP contribution in [0, 0.1) is 25.2 Å². The number of carbonyl (C=O) groups is 1. The number of aromatic nitrogens is 4. The first-order valence-electron chi connectivity index (χ1n) is 11.4. The summed E-state index contributed by atoms with van der Waals surface area (Å²) in [6.07, 6.45) is 4.66. The number of benzene rings is 1. The van der Waals surface area contributed by atoms with Crippen LogP contribution in [-0.2, 0) is 24.2 Å². The molecule has 3 heterocycles. The first-order valence-corrected chi connectivity index (χ1v) is 12.2. The summed E-state index contributed by atoms with van der Waals surface area (Å²) < 4.78 is 2.70. The minimum atomic E-state index is -0.349. The molecule has 0 aliphatic heterocycles. The van der Waals surface area contributed by atoms with Crippen LogP contribution in [0.5, 0.6) is 0 Å². The zero-order valence-electron chi connectivity index (χ0n) is 19.7. The standard InChI is InChI=1S/C25H29N5O2S/c1-14-6-8-17(10-15(14)2)27-20(31)12-30-24(32)29-13-26-23-21(22(29)28-30)18-9-7-16(25(3,4)5)11-19(18)33-23/h6,8,10,13,16H,7,9,11-12H2,1-5H3,(H,27,31). The Morgan fingerprint density at radius 3 is 2.76 bits per heavy atom. The van der Waals surface area contributed by atoms with E-state index in [2.05, 4.69) is 36.2 Å². The maximum absolute atomic E-state index is 13.0. The summed E-state index contributed by atoms with van der Waals surface area (Å²) in [5, 5.41) is 8.41. The van der Waals surface area contributed by atoms with Gasteiger partial charge in [-0.1, -0.05) is 26.8 Å². The average Bonchev–Trinajstić information content (AvgIpc) is 3.27. The van der Waals surface area contributed by atoms with E-state index in [-0.39, 0.29) is 23.6 Å². The molecule has 1 N–H and O–H groups in total. The lowest BCUT2D eigenvalue weighted by molar-refractivity contribution is -0.117. The minimum absolute atomic E-state index is 0.145. The predicted molar refractivity (Wildman–Crippen MR) is 132 cm³/mol. The molecule has 1 aromatic carbocycles. The van der Waals surface area contributed by atoms with E-state index in [9.17, 15) is 9.59 Å². The molecule has 1 atom stereocenters. The summed E-state index contributed by atoms with van der Waals surface area (Å²) in [5.41, 5.74) is 4.75. The van der Waals surface area contributed by atoms with E-state index in [4.69, 9.17) is 0 Å². The number of hydrogen-bond donors (Lipinski definition) is 1. The summed E-state index contributed by atoms with van der Waals surface area (Å²) in [5.74, 6) is 0.344. The number of thiophene rings is 1. The topological polar surface area (TPSA) is 81.3 Å². The fourth-order valence-corrected chi connectivity index (χ4v) is 5.96.